The molecule has 0 fully saturated rings. The molecule has 1 aromatic heterocycles. The Labute approximate surface area is 127 Å². The van der Waals surface area contributed by atoms with Crippen LogP contribution in [0, 0.1) is 0 Å². The molecule has 0 atom stereocenters. The van der Waals surface area contributed by atoms with Crippen molar-refractivity contribution in [3.8, 4) is 11.6 Å². The average molecular weight is 306 g/mol. The van der Waals surface area contributed by atoms with E-state index in [0.29, 0.717) is 11.4 Å². The van der Waals surface area contributed by atoms with Gasteiger partial charge in [-0.15, -0.1) is 0 Å². The zero-order chi connectivity index (χ0) is 15.2. The van der Waals surface area contributed by atoms with Crippen LogP contribution < -0.4 is 9.61 Å². The van der Waals surface area contributed by atoms with Crippen LogP contribution in [0.4, 0.5) is 5.69 Å². The summed E-state index contributed by atoms with van der Waals surface area (Å²) in [6, 6.07) is 7.23. The van der Waals surface area contributed by atoms with Crippen LogP contribution in [-0.2, 0) is 6.54 Å². The first-order valence-electron chi connectivity index (χ1n) is 6.76. The molecule has 21 heavy (non-hydrogen) atoms. The molecule has 112 valence electrons. The highest BCUT2D eigenvalue weighted by Gasteiger charge is 2.11. The number of aromatic hydroxyl groups is 1. The number of hydrogen-bond donors (Lipinski definition) is 1. The van der Waals surface area contributed by atoms with Crippen LogP contribution in [0.15, 0.2) is 34.1 Å². The van der Waals surface area contributed by atoms with Gasteiger partial charge in [0.25, 0.3) is 0 Å². The van der Waals surface area contributed by atoms with Crippen molar-refractivity contribution in [3.63, 3.8) is 0 Å². The van der Waals surface area contributed by atoms with E-state index >= 15 is 0 Å². The van der Waals surface area contributed by atoms with Crippen LogP contribution in [0.2, 0.25) is 0 Å². The van der Waals surface area contributed by atoms with Gasteiger partial charge in [-0.1, -0.05) is 24.7 Å². The van der Waals surface area contributed by atoms with Gasteiger partial charge in [-0.25, -0.2) is 0 Å². The summed E-state index contributed by atoms with van der Waals surface area (Å²) in [6.45, 7) is 2.58. The molecule has 0 aliphatic rings. The maximum Gasteiger partial charge on any atom is 0.310 e. The van der Waals surface area contributed by atoms with E-state index in [-0.39, 0.29) is 10.8 Å². The molecule has 0 amide bonds. The zero-order valence-electron chi connectivity index (χ0n) is 12.1. The van der Waals surface area contributed by atoms with Crippen LogP contribution in [0.3, 0.4) is 0 Å². The highest BCUT2D eigenvalue weighted by Crippen LogP contribution is 2.21. The standard InChI is InChI=1S/C15H18N2O3S/c1-3-4-9-17-14(18)13(21-15(17)19)10-16-11-5-7-12(20-2)8-6-11/h5-8,10,18H,3-4,9H2,1-2H3. The number of ether oxygens (including phenoxy) is 1. The van der Waals surface area contributed by atoms with Crippen molar-refractivity contribution in [1.82, 2.24) is 4.57 Å². The largest absolute Gasteiger partial charge is 0.497 e. The predicted octanol–water partition coefficient (Wildman–Crippen LogP) is 3.17. The number of hydrogen-bond acceptors (Lipinski definition) is 5. The molecule has 0 saturated carbocycles. The van der Waals surface area contributed by atoms with Gasteiger partial charge in [-0.3, -0.25) is 14.4 Å². The lowest BCUT2D eigenvalue weighted by atomic mass is 10.3. The second-order valence-corrected chi connectivity index (χ2v) is 5.51. The van der Waals surface area contributed by atoms with Crippen molar-refractivity contribution in [1.29, 1.82) is 0 Å². The first kappa shape index (κ1) is 15.3. The lowest BCUT2D eigenvalue weighted by Crippen LogP contribution is -2.12. The van der Waals surface area contributed by atoms with E-state index in [1.54, 1.807) is 19.2 Å². The average Bonchev–Trinajstić information content (AvgIpc) is 2.78. The van der Waals surface area contributed by atoms with Gasteiger partial charge in [0.2, 0.25) is 5.88 Å². The molecule has 6 heteroatoms. The Morgan fingerprint density at radius 2 is 2.10 bits per heavy atom. The third-order valence-electron chi connectivity index (χ3n) is 3.03. The fourth-order valence-electron chi connectivity index (χ4n) is 1.81. The van der Waals surface area contributed by atoms with Crippen LogP contribution in [0.5, 0.6) is 11.6 Å². The normalized spacial score (nSPS) is 11.1. The van der Waals surface area contributed by atoms with E-state index in [1.807, 2.05) is 19.1 Å². The minimum atomic E-state index is -0.155. The summed E-state index contributed by atoms with van der Waals surface area (Å²) >= 11 is 1.00. The van der Waals surface area contributed by atoms with Crippen LogP contribution in [0.25, 0.3) is 0 Å². The van der Waals surface area contributed by atoms with Crippen molar-refractivity contribution in [3.05, 3.63) is 38.8 Å². The third-order valence-corrected chi connectivity index (χ3v) is 3.94. The summed E-state index contributed by atoms with van der Waals surface area (Å²) in [5.74, 6) is 0.753. The molecule has 0 aliphatic carbocycles. The van der Waals surface area contributed by atoms with Crippen molar-refractivity contribution in [2.24, 2.45) is 4.99 Å². The van der Waals surface area contributed by atoms with Crippen LogP contribution >= 0.6 is 11.3 Å². The minimum absolute atomic E-state index is 0.00397. The molecule has 0 saturated heterocycles. The molecule has 1 heterocycles. The van der Waals surface area contributed by atoms with E-state index in [4.69, 9.17) is 4.74 Å². The minimum Gasteiger partial charge on any atom is -0.497 e. The van der Waals surface area contributed by atoms with Crippen molar-refractivity contribution in [2.45, 2.75) is 26.3 Å². The molecule has 2 rings (SSSR count). The lowest BCUT2D eigenvalue weighted by Gasteiger charge is -2.01. The van der Waals surface area contributed by atoms with Crippen molar-refractivity contribution >= 4 is 23.2 Å². The second-order valence-electron chi connectivity index (χ2n) is 4.52. The van der Waals surface area contributed by atoms with Gasteiger partial charge in [0, 0.05) is 6.54 Å². The number of unbranched alkanes of at least 4 members (excludes halogenated alkanes) is 1. The number of methoxy groups -OCH3 is 1. The summed E-state index contributed by atoms with van der Waals surface area (Å²) in [5, 5.41) is 10.1. The Hall–Kier alpha value is -2.08. The lowest BCUT2D eigenvalue weighted by molar-refractivity contribution is 0.408. The molecule has 2 aromatic rings. The van der Waals surface area contributed by atoms with Gasteiger partial charge in [0.05, 0.1) is 19.0 Å². The number of thiazole rings is 1. The quantitative estimate of drug-likeness (QED) is 0.834. The monoisotopic (exact) mass is 306 g/mol. The van der Waals surface area contributed by atoms with Gasteiger partial charge in [-0.2, -0.15) is 0 Å². The fourth-order valence-corrected chi connectivity index (χ4v) is 2.60. The third kappa shape index (κ3) is 3.72. The topological polar surface area (TPSA) is 63.8 Å². The van der Waals surface area contributed by atoms with E-state index in [1.165, 1.54) is 10.8 Å². The molecule has 0 aliphatic heterocycles. The van der Waals surface area contributed by atoms with Crippen molar-refractivity contribution in [2.75, 3.05) is 7.11 Å². The van der Waals surface area contributed by atoms with Gasteiger partial charge < -0.3 is 9.84 Å². The summed E-state index contributed by atoms with van der Waals surface area (Å²) in [7, 11) is 1.60. The summed E-state index contributed by atoms with van der Waals surface area (Å²) < 4.78 is 6.47. The first-order valence-corrected chi connectivity index (χ1v) is 7.58. The highest BCUT2D eigenvalue weighted by atomic mass is 32.1. The van der Waals surface area contributed by atoms with E-state index in [9.17, 15) is 9.90 Å². The van der Waals surface area contributed by atoms with Gasteiger partial charge in [0.1, 0.15) is 10.6 Å². The molecule has 1 N–H and O–H groups in total. The number of nitrogens with zero attached hydrogens (tertiary/aromatic N) is 2. The Kier molecular flexibility index (Phi) is 5.16. The molecule has 0 unspecified atom stereocenters. The summed E-state index contributed by atoms with van der Waals surface area (Å²) in [5.41, 5.74) is 0.733. The Balaban J connectivity index is 2.18. The smallest absolute Gasteiger partial charge is 0.310 e. The Bertz CT molecular complexity index is 671. The van der Waals surface area contributed by atoms with E-state index in [2.05, 4.69) is 4.99 Å². The zero-order valence-corrected chi connectivity index (χ0v) is 12.9. The number of benzene rings is 1. The second kappa shape index (κ2) is 7.08. The number of aromatic nitrogens is 1. The van der Waals surface area contributed by atoms with Gasteiger partial charge in [0.15, 0.2) is 0 Å². The number of rotatable bonds is 6. The Morgan fingerprint density at radius 1 is 1.38 bits per heavy atom. The molecule has 1 aromatic carbocycles. The first-order chi connectivity index (χ1) is 10.2. The van der Waals surface area contributed by atoms with Crippen LogP contribution in [0.1, 0.15) is 24.6 Å². The molecule has 0 radical (unpaired) electrons. The highest BCUT2D eigenvalue weighted by molar-refractivity contribution is 7.11. The fraction of sp³-hybridized carbons (Fsp3) is 0.333. The molecule has 0 bridgehead atoms. The maximum atomic E-state index is 11.8. The molecule has 0 spiro atoms. The van der Waals surface area contributed by atoms with Crippen LogP contribution in [-0.4, -0.2) is 23.0 Å². The van der Waals surface area contributed by atoms with E-state index < -0.39 is 0 Å². The Morgan fingerprint density at radius 3 is 2.71 bits per heavy atom. The molecule has 5 nitrogen and oxygen atoms in total. The molecular weight excluding hydrogens is 288 g/mol. The van der Waals surface area contributed by atoms with Gasteiger partial charge in [-0.05, 0) is 30.7 Å². The van der Waals surface area contributed by atoms with Crippen molar-refractivity contribution < 1.29 is 9.84 Å². The summed E-state index contributed by atoms with van der Waals surface area (Å²) in [4.78, 5) is 16.4. The SMILES string of the molecule is CCCCn1c(O)c(C=Nc2ccc(OC)cc2)sc1=O. The van der Waals surface area contributed by atoms with E-state index in [0.717, 1.165) is 35.6 Å². The predicted molar refractivity (Wildman–Crippen MR) is 85.4 cm³/mol. The summed E-state index contributed by atoms with van der Waals surface area (Å²) in [6.07, 6.45) is 3.35. The number of aliphatic imine (C=N–C) groups is 1. The maximum absolute atomic E-state index is 11.8. The van der Waals surface area contributed by atoms with Gasteiger partial charge >= 0.3 is 4.87 Å². The molecular formula is C15H18N2O3S.